The second-order valence-corrected chi connectivity index (χ2v) is 9.52. The van der Waals surface area contributed by atoms with E-state index in [0.29, 0.717) is 18.3 Å². The molecule has 3 heterocycles. The van der Waals surface area contributed by atoms with Gasteiger partial charge in [-0.3, -0.25) is 4.79 Å². The molecule has 2 bridgehead atoms. The van der Waals surface area contributed by atoms with Crippen molar-refractivity contribution in [2.75, 3.05) is 11.9 Å². The molecule has 142 valence electrons. The van der Waals surface area contributed by atoms with Crippen molar-refractivity contribution >= 4 is 21.7 Å². The number of sulfonamides is 1. The number of nitrogens with zero attached hydrogens (tertiary/aromatic N) is 2. The van der Waals surface area contributed by atoms with Crippen molar-refractivity contribution in [2.24, 2.45) is 17.8 Å². The summed E-state index contributed by atoms with van der Waals surface area (Å²) >= 11 is 0. The molecule has 1 saturated heterocycles. The first-order chi connectivity index (χ1) is 12.9. The molecule has 1 amide bonds. The van der Waals surface area contributed by atoms with E-state index in [4.69, 9.17) is 0 Å². The number of hydrogen-bond donors (Lipinski definition) is 3. The minimum Gasteiger partial charge on any atom is -0.391 e. The van der Waals surface area contributed by atoms with E-state index in [9.17, 15) is 18.3 Å². The van der Waals surface area contributed by atoms with Crippen LogP contribution in [0.4, 0.5) is 5.82 Å². The highest BCUT2D eigenvalue weighted by atomic mass is 32.2. The lowest BCUT2D eigenvalue weighted by Gasteiger charge is -2.28. The van der Waals surface area contributed by atoms with Gasteiger partial charge in [0.2, 0.25) is 10.0 Å². The maximum atomic E-state index is 13.1. The van der Waals surface area contributed by atoms with Gasteiger partial charge >= 0.3 is 0 Å². The number of aliphatic hydroxyl groups is 1. The summed E-state index contributed by atoms with van der Waals surface area (Å²) in [5, 5.41) is 13.1. The summed E-state index contributed by atoms with van der Waals surface area (Å²) in [4.78, 5) is 19.1. The highest BCUT2D eigenvalue weighted by Crippen LogP contribution is 2.56. The molecule has 2 saturated carbocycles. The largest absolute Gasteiger partial charge is 0.391 e. The van der Waals surface area contributed by atoms with Gasteiger partial charge in [0.25, 0.3) is 5.91 Å². The molecule has 3 fully saturated rings. The summed E-state index contributed by atoms with van der Waals surface area (Å²) in [7, 11) is -3.77. The smallest absolute Gasteiger partial charge is 0.273 e. The van der Waals surface area contributed by atoms with Gasteiger partial charge in [-0.1, -0.05) is 6.07 Å². The second-order valence-electron chi connectivity index (χ2n) is 7.63. The number of hydrogen-bond acceptors (Lipinski definition) is 5. The highest BCUT2D eigenvalue weighted by Gasteiger charge is 2.61. The standard InChI is InChI=1S/C18H20N4O4S/c23-17-10-5-11-9-22(16(17)13(11)6-10)27(25,26)12-7-14(20-8-12)18(24)21-15-3-1-2-4-19-15/h1-4,7-8,10-11,13,16-17,20,23H,5-6,9H2,(H,19,21,24)/t10-,11-,13+,16+,17-/m0/s1. The zero-order chi connectivity index (χ0) is 18.8. The maximum absolute atomic E-state index is 13.1. The minimum absolute atomic E-state index is 0.0469. The summed E-state index contributed by atoms with van der Waals surface area (Å²) in [6.45, 7) is 0.450. The number of rotatable bonds is 4. The van der Waals surface area contributed by atoms with Crippen molar-refractivity contribution in [3.05, 3.63) is 42.4 Å². The first-order valence-corrected chi connectivity index (χ1v) is 10.5. The number of carbonyl (C=O) groups is 1. The van der Waals surface area contributed by atoms with Gasteiger partial charge in [-0.2, -0.15) is 4.31 Å². The van der Waals surface area contributed by atoms with Crippen molar-refractivity contribution in [1.82, 2.24) is 14.3 Å². The molecular weight excluding hydrogens is 368 g/mol. The van der Waals surface area contributed by atoms with E-state index in [1.165, 1.54) is 16.6 Å². The molecule has 2 aliphatic carbocycles. The zero-order valence-corrected chi connectivity index (χ0v) is 15.3. The number of anilines is 1. The summed E-state index contributed by atoms with van der Waals surface area (Å²) < 4.78 is 27.7. The van der Waals surface area contributed by atoms with Gasteiger partial charge in [0.15, 0.2) is 0 Å². The number of carbonyl (C=O) groups excluding carboxylic acids is 1. The molecule has 9 heteroatoms. The Labute approximate surface area is 156 Å². The van der Waals surface area contributed by atoms with E-state index >= 15 is 0 Å². The molecule has 8 nitrogen and oxygen atoms in total. The molecular formula is C18H20N4O4S. The van der Waals surface area contributed by atoms with Crippen LogP contribution in [0.15, 0.2) is 41.6 Å². The van der Waals surface area contributed by atoms with Crippen LogP contribution in [0.5, 0.6) is 0 Å². The van der Waals surface area contributed by atoms with Crippen LogP contribution in [0.3, 0.4) is 0 Å². The molecule has 1 aliphatic heterocycles. The molecule has 0 aromatic carbocycles. The van der Waals surface area contributed by atoms with Crippen LogP contribution in [0.25, 0.3) is 0 Å². The number of nitrogens with one attached hydrogen (secondary N) is 2. The second kappa shape index (κ2) is 5.88. The molecule has 3 N–H and O–H groups in total. The van der Waals surface area contributed by atoms with Crippen molar-refractivity contribution < 1.29 is 18.3 Å². The van der Waals surface area contributed by atoms with E-state index in [2.05, 4.69) is 15.3 Å². The molecule has 27 heavy (non-hydrogen) atoms. The molecule has 0 unspecified atom stereocenters. The van der Waals surface area contributed by atoms with Gasteiger partial charge in [-0.15, -0.1) is 0 Å². The fourth-order valence-electron chi connectivity index (χ4n) is 5.05. The number of pyridine rings is 1. The van der Waals surface area contributed by atoms with Crippen LogP contribution in [0.2, 0.25) is 0 Å². The molecule has 3 aliphatic rings. The normalized spacial score (nSPS) is 32.1. The number of amides is 1. The highest BCUT2D eigenvalue weighted by molar-refractivity contribution is 7.89. The Morgan fingerprint density at radius 1 is 1.30 bits per heavy atom. The van der Waals surface area contributed by atoms with E-state index in [0.717, 1.165) is 12.8 Å². The lowest BCUT2D eigenvalue weighted by molar-refractivity contribution is 0.0731. The van der Waals surface area contributed by atoms with Gasteiger partial charge in [-0.05, 0) is 48.8 Å². The Morgan fingerprint density at radius 3 is 2.89 bits per heavy atom. The molecule has 0 radical (unpaired) electrons. The fourth-order valence-corrected chi connectivity index (χ4v) is 6.78. The number of H-pyrrole nitrogens is 1. The number of aromatic nitrogens is 2. The third kappa shape index (κ3) is 2.53. The SMILES string of the molecule is O=C(Nc1ccccn1)c1cc(S(=O)(=O)N2C[C@@H]3C[C@H]4C[C@H]3[C@@H]2[C@H]4O)c[nH]1. The predicted octanol–water partition coefficient (Wildman–Crippen LogP) is 1.05. The van der Waals surface area contributed by atoms with Crippen molar-refractivity contribution in [3.63, 3.8) is 0 Å². The average Bonchev–Trinajstić information content (AvgIpc) is 3.38. The monoisotopic (exact) mass is 388 g/mol. The Bertz CT molecular complexity index is 988. The van der Waals surface area contributed by atoms with Gasteiger partial charge in [-0.25, -0.2) is 13.4 Å². The maximum Gasteiger partial charge on any atom is 0.273 e. The predicted molar refractivity (Wildman–Crippen MR) is 96.4 cm³/mol. The van der Waals surface area contributed by atoms with Gasteiger partial charge in [0.05, 0.1) is 12.1 Å². The Hall–Kier alpha value is -2.23. The lowest BCUT2D eigenvalue weighted by atomic mass is 9.88. The fraction of sp³-hybridized carbons (Fsp3) is 0.444. The summed E-state index contributed by atoms with van der Waals surface area (Å²) in [6, 6.07) is 6.14. The molecule has 2 aromatic heterocycles. The van der Waals surface area contributed by atoms with Crippen molar-refractivity contribution in [2.45, 2.75) is 29.9 Å². The van der Waals surface area contributed by atoms with Gasteiger partial charge < -0.3 is 15.4 Å². The van der Waals surface area contributed by atoms with Crippen LogP contribution < -0.4 is 5.32 Å². The first kappa shape index (κ1) is 16.9. The zero-order valence-electron chi connectivity index (χ0n) is 14.4. The van der Waals surface area contributed by atoms with Crippen LogP contribution in [0.1, 0.15) is 23.3 Å². The summed E-state index contributed by atoms with van der Waals surface area (Å²) in [5.41, 5.74) is 0.145. The lowest BCUT2D eigenvalue weighted by Crippen LogP contribution is -2.43. The number of aromatic amines is 1. The van der Waals surface area contributed by atoms with Crippen LogP contribution in [-0.2, 0) is 10.0 Å². The van der Waals surface area contributed by atoms with Crippen molar-refractivity contribution in [3.8, 4) is 0 Å². The Kier molecular flexibility index (Phi) is 3.68. The summed E-state index contributed by atoms with van der Waals surface area (Å²) in [5.74, 6) is 0.737. The van der Waals surface area contributed by atoms with Gasteiger partial charge in [0.1, 0.15) is 16.4 Å². The van der Waals surface area contributed by atoms with Gasteiger partial charge in [0, 0.05) is 18.9 Å². The third-order valence-electron chi connectivity index (χ3n) is 6.22. The first-order valence-electron chi connectivity index (χ1n) is 9.06. The number of aliphatic hydroxyl groups excluding tert-OH is 1. The molecule has 0 spiro atoms. The average molecular weight is 388 g/mol. The number of fused-ring (bicyclic) bond motifs is 1. The summed E-state index contributed by atoms with van der Waals surface area (Å²) in [6.07, 6.45) is 4.12. The quantitative estimate of drug-likeness (QED) is 0.724. The topological polar surface area (TPSA) is 115 Å². The third-order valence-corrected chi connectivity index (χ3v) is 8.06. The van der Waals surface area contributed by atoms with E-state index in [-0.39, 0.29) is 28.5 Å². The van der Waals surface area contributed by atoms with Crippen LogP contribution in [0, 0.1) is 17.8 Å². The van der Waals surface area contributed by atoms with E-state index in [1.807, 2.05) is 0 Å². The minimum atomic E-state index is -3.77. The van der Waals surface area contributed by atoms with E-state index in [1.54, 1.807) is 24.4 Å². The molecule has 2 aromatic rings. The van der Waals surface area contributed by atoms with Crippen molar-refractivity contribution in [1.29, 1.82) is 0 Å². The van der Waals surface area contributed by atoms with Crippen LogP contribution in [-0.4, -0.2) is 52.4 Å². The van der Waals surface area contributed by atoms with E-state index < -0.39 is 22.0 Å². The Morgan fingerprint density at radius 2 is 2.15 bits per heavy atom. The molecule has 5 atom stereocenters. The Balaban J connectivity index is 1.38. The van der Waals surface area contributed by atoms with Crippen LogP contribution >= 0.6 is 0 Å². The molecule has 5 rings (SSSR count).